The lowest BCUT2D eigenvalue weighted by molar-refractivity contribution is 0.106. The second kappa shape index (κ2) is 6.62. The van der Waals surface area contributed by atoms with Gasteiger partial charge in [0.1, 0.15) is 0 Å². The van der Waals surface area contributed by atoms with Crippen molar-refractivity contribution in [3.05, 3.63) is 18.0 Å². The molecule has 1 aromatic heterocycles. The molecule has 0 radical (unpaired) electrons. The summed E-state index contributed by atoms with van der Waals surface area (Å²) in [6, 6.07) is 2.27. The number of hydrazine groups is 1. The van der Waals surface area contributed by atoms with E-state index in [4.69, 9.17) is 10.6 Å². The second-order valence-electron chi connectivity index (χ2n) is 4.17. The predicted octanol–water partition coefficient (Wildman–Crippen LogP) is 0.610. The van der Waals surface area contributed by atoms with Gasteiger partial charge in [0.2, 0.25) is 0 Å². The van der Waals surface area contributed by atoms with Gasteiger partial charge in [-0.15, -0.1) is 0 Å². The number of aromatic nitrogens is 2. The zero-order valence-corrected chi connectivity index (χ0v) is 10.3. The summed E-state index contributed by atoms with van der Waals surface area (Å²) in [6.07, 6.45) is 5.06. The van der Waals surface area contributed by atoms with Crippen molar-refractivity contribution in [2.75, 3.05) is 7.11 Å². The van der Waals surface area contributed by atoms with E-state index in [0.29, 0.717) is 0 Å². The first-order valence-electron chi connectivity index (χ1n) is 5.63. The van der Waals surface area contributed by atoms with Crippen molar-refractivity contribution < 1.29 is 4.74 Å². The van der Waals surface area contributed by atoms with Crippen molar-refractivity contribution in [3.8, 4) is 0 Å². The van der Waals surface area contributed by atoms with E-state index in [2.05, 4.69) is 17.4 Å². The first-order chi connectivity index (χ1) is 7.65. The molecule has 2 unspecified atom stereocenters. The molecule has 0 fully saturated rings. The maximum Gasteiger partial charge on any atom is 0.0640 e. The first kappa shape index (κ1) is 13.2. The number of nitrogens with two attached hydrogens (primary N) is 1. The van der Waals surface area contributed by atoms with Gasteiger partial charge >= 0.3 is 0 Å². The molecule has 16 heavy (non-hydrogen) atoms. The van der Waals surface area contributed by atoms with Crippen LogP contribution in [0, 0.1) is 0 Å². The van der Waals surface area contributed by atoms with Crippen molar-refractivity contribution in [2.24, 2.45) is 12.9 Å². The Morgan fingerprint density at radius 1 is 1.56 bits per heavy atom. The molecule has 0 saturated heterocycles. The van der Waals surface area contributed by atoms with E-state index in [1.54, 1.807) is 11.8 Å². The van der Waals surface area contributed by atoms with Gasteiger partial charge in [0.25, 0.3) is 0 Å². The largest absolute Gasteiger partial charge is 0.382 e. The normalized spacial score (nSPS) is 15.0. The van der Waals surface area contributed by atoms with E-state index in [0.717, 1.165) is 25.0 Å². The third-order valence-electron chi connectivity index (χ3n) is 2.78. The topological polar surface area (TPSA) is 65.1 Å². The third-order valence-corrected chi connectivity index (χ3v) is 2.78. The number of methoxy groups -OCH3 is 1. The minimum absolute atomic E-state index is 0.257. The van der Waals surface area contributed by atoms with Crippen LogP contribution in [0.4, 0.5) is 0 Å². The lowest BCUT2D eigenvalue weighted by atomic mass is 10.0. The number of nitrogens with zero attached hydrogens (tertiary/aromatic N) is 2. The fraction of sp³-hybridized carbons (Fsp3) is 0.727. The summed E-state index contributed by atoms with van der Waals surface area (Å²) in [6.45, 7) is 2.06. The summed E-state index contributed by atoms with van der Waals surface area (Å²) in [7, 11) is 3.65. The highest BCUT2D eigenvalue weighted by molar-refractivity contribution is 5.01. The highest BCUT2D eigenvalue weighted by atomic mass is 16.5. The average Bonchev–Trinajstić information content (AvgIpc) is 2.69. The average molecular weight is 226 g/mol. The molecule has 2 atom stereocenters. The van der Waals surface area contributed by atoms with Crippen molar-refractivity contribution in [2.45, 2.75) is 38.3 Å². The molecule has 0 amide bonds. The van der Waals surface area contributed by atoms with Gasteiger partial charge in [-0.05, 0) is 25.8 Å². The molecular formula is C11H22N4O. The molecule has 0 aliphatic rings. The van der Waals surface area contributed by atoms with Gasteiger partial charge < -0.3 is 4.74 Å². The van der Waals surface area contributed by atoms with Gasteiger partial charge in [0, 0.05) is 32.8 Å². The molecule has 3 N–H and O–H groups in total. The van der Waals surface area contributed by atoms with Crippen LogP contribution in [0.3, 0.4) is 0 Å². The van der Waals surface area contributed by atoms with Crippen LogP contribution in [0.2, 0.25) is 0 Å². The first-order valence-corrected chi connectivity index (χ1v) is 5.63. The maximum atomic E-state index is 5.53. The summed E-state index contributed by atoms with van der Waals surface area (Å²) < 4.78 is 7.02. The molecule has 1 aromatic rings. The van der Waals surface area contributed by atoms with Gasteiger partial charge in [-0.25, -0.2) is 0 Å². The summed E-state index contributed by atoms with van der Waals surface area (Å²) >= 11 is 0. The molecule has 92 valence electrons. The zero-order valence-electron chi connectivity index (χ0n) is 10.3. The summed E-state index contributed by atoms with van der Waals surface area (Å²) in [5.74, 6) is 5.53. The Morgan fingerprint density at radius 3 is 2.81 bits per heavy atom. The quantitative estimate of drug-likeness (QED) is 0.528. The molecule has 0 aromatic carbocycles. The highest BCUT2D eigenvalue weighted by Crippen LogP contribution is 2.08. The van der Waals surface area contributed by atoms with Crippen molar-refractivity contribution in [3.63, 3.8) is 0 Å². The maximum absolute atomic E-state index is 5.53. The summed E-state index contributed by atoms with van der Waals surface area (Å²) in [4.78, 5) is 0. The number of rotatable bonds is 7. The molecule has 0 aliphatic heterocycles. The van der Waals surface area contributed by atoms with Gasteiger partial charge in [-0.2, -0.15) is 5.10 Å². The van der Waals surface area contributed by atoms with Crippen molar-refractivity contribution in [1.82, 2.24) is 15.2 Å². The fourth-order valence-electron chi connectivity index (χ4n) is 1.62. The van der Waals surface area contributed by atoms with Crippen LogP contribution in [0.25, 0.3) is 0 Å². The fourth-order valence-corrected chi connectivity index (χ4v) is 1.62. The van der Waals surface area contributed by atoms with E-state index in [9.17, 15) is 0 Å². The summed E-state index contributed by atoms with van der Waals surface area (Å²) in [5.41, 5.74) is 3.90. The minimum atomic E-state index is 0.257. The van der Waals surface area contributed by atoms with Gasteiger partial charge in [0.15, 0.2) is 0 Å². The Kier molecular flexibility index (Phi) is 5.45. The monoisotopic (exact) mass is 226 g/mol. The molecule has 5 nitrogen and oxygen atoms in total. The minimum Gasteiger partial charge on any atom is -0.382 e. The van der Waals surface area contributed by atoms with E-state index in [1.807, 2.05) is 19.3 Å². The zero-order chi connectivity index (χ0) is 12.0. The van der Waals surface area contributed by atoms with Gasteiger partial charge in [-0.3, -0.25) is 16.0 Å². The molecular weight excluding hydrogens is 204 g/mol. The molecule has 0 aliphatic carbocycles. The molecule has 1 rings (SSSR count). The van der Waals surface area contributed by atoms with E-state index in [-0.39, 0.29) is 12.1 Å². The van der Waals surface area contributed by atoms with Crippen LogP contribution < -0.4 is 11.3 Å². The van der Waals surface area contributed by atoms with Gasteiger partial charge in [0.05, 0.1) is 11.8 Å². The molecule has 0 spiro atoms. The van der Waals surface area contributed by atoms with Crippen LogP contribution in [0.1, 0.15) is 25.5 Å². The lowest BCUT2D eigenvalue weighted by Crippen LogP contribution is -2.37. The van der Waals surface area contributed by atoms with Crippen LogP contribution in [-0.4, -0.2) is 29.0 Å². The van der Waals surface area contributed by atoms with E-state index >= 15 is 0 Å². The second-order valence-corrected chi connectivity index (χ2v) is 4.17. The van der Waals surface area contributed by atoms with Crippen LogP contribution in [-0.2, 0) is 18.2 Å². The number of hydrogen-bond acceptors (Lipinski definition) is 4. The number of aryl methyl sites for hydroxylation is 1. The number of nitrogens with one attached hydrogen (secondary N) is 1. The molecule has 5 heteroatoms. The smallest absolute Gasteiger partial charge is 0.0640 e. The van der Waals surface area contributed by atoms with E-state index in [1.165, 1.54) is 0 Å². The highest BCUT2D eigenvalue weighted by Gasteiger charge is 2.11. The number of ether oxygens (including phenoxy) is 1. The SMILES string of the molecule is COC(C)CCC(Cc1ccn(C)n1)NN. The molecule has 0 saturated carbocycles. The van der Waals surface area contributed by atoms with Crippen LogP contribution >= 0.6 is 0 Å². The lowest BCUT2D eigenvalue weighted by Gasteiger charge is -2.16. The molecule has 1 heterocycles. The van der Waals surface area contributed by atoms with Crippen molar-refractivity contribution >= 4 is 0 Å². The number of hydrogen-bond donors (Lipinski definition) is 2. The Balaban J connectivity index is 2.37. The van der Waals surface area contributed by atoms with E-state index < -0.39 is 0 Å². The summed E-state index contributed by atoms with van der Waals surface area (Å²) in [5, 5.41) is 4.34. The molecule has 0 bridgehead atoms. The Labute approximate surface area is 96.9 Å². The Morgan fingerprint density at radius 2 is 2.31 bits per heavy atom. The van der Waals surface area contributed by atoms with Crippen LogP contribution in [0.5, 0.6) is 0 Å². The standard InChI is InChI=1S/C11H22N4O/c1-9(16-3)4-5-10(13-12)8-11-6-7-15(2)14-11/h6-7,9-10,13H,4-5,8,12H2,1-3H3. The Hall–Kier alpha value is -0.910. The predicted molar refractivity (Wildman–Crippen MR) is 63.7 cm³/mol. The van der Waals surface area contributed by atoms with Crippen molar-refractivity contribution in [1.29, 1.82) is 0 Å². The van der Waals surface area contributed by atoms with Gasteiger partial charge in [-0.1, -0.05) is 0 Å². The third kappa shape index (κ3) is 4.30. The Bertz CT molecular complexity index is 300. The van der Waals surface area contributed by atoms with Crippen LogP contribution in [0.15, 0.2) is 12.3 Å².